The number of amides is 1. The molecular formula is C27H18N4O3S3. The van der Waals surface area contributed by atoms with E-state index in [0.29, 0.717) is 10.6 Å². The van der Waals surface area contributed by atoms with Gasteiger partial charge in [0.25, 0.3) is 11.6 Å². The Bertz CT molecular complexity index is 1520. The van der Waals surface area contributed by atoms with Gasteiger partial charge >= 0.3 is 0 Å². The van der Waals surface area contributed by atoms with E-state index in [9.17, 15) is 14.9 Å². The molecule has 0 bridgehead atoms. The maximum atomic E-state index is 14.0. The zero-order chi connectivity index (χ0) is 25.4. The number of thiophene rings is 1. The largest absolute Gasteiger partial charge is 0.269 e. The zero-order valence-corrected chi connectivity index (χ0v) is 21.6. The highest BCUT2D eigenvalue weighted by molar-refractivity contribution is 8.28. The number of rotatable bonds is 5. The lowest BCUT2D eigenvalue weighted by Crippen LogP contribution is -2.51. The van der Waals surface area contributed by atoms with E-state index >= 15 is 0 Å². The molecule has 3 heterocycles. The highest BCUT2D eigenvalue weighted by Gasteiger charge is 2.59. The zero-order valence-electron chi connectivity index (χ0n) is 19.1. The number of para-hydroxylation sites is 1. The molecule has 1 saturated heterocycles. The molecule has 0 aliphatic carbocycles. The third-order valence-corrected chi connectivity index (χ3v) is 9.53. The number of nitro groups is 1. The predicted octanol–water partition coefficient (Wildman–Crippen LogP) is 7.00. The van der Waals surface area contributed by atoms with Crippen molar-refractivity contribution < 1.29 is 9.72 Å². The van der Waals surface area contributed by atoms with Crippen LogP contribution in [0.25, 0.3) is 6.08 Å². The number of benzene rings is 3. The van der Waals surface area contributed by atoms with Gasteiger partial charge in [-0.25, -0.2) is 5.01 Å². The van der Waals surface area contributed by atoms with Gasteiger partial charge in [0, 0.05) is 17.8 Å². The van der Waals surface area contributed by atoms with Crippen molar-refractivity contribution in [2.24, 2.45) is 5.10 Å². The summed E-state index contributed by atoms with van der Waals surface area (Å²) in [5.74, 6) is -0.137. The molecule has 1 aromatic heterocycles. The first-order valence-electron chi connectivity index (χ1n) is 11.3. The van der Waals surface area contributed by atoms with Gasteiger partial charge in [0.15, 0.2) is 0 Å². The summed E-state index contributed by atoms with van der Waals surface area (Å²) < 4.78 is -1.01. The summed E-state index contributed by atoms with van der Waals surface area (Å²) in [6.07, 6.45) is 1.90. The van der Waals surface area contributed by atoms with Crippen molar-refractivity contribution in [2.75, 3.05) is 9.91 Å². The normalized spacial score (nSPS) is 20.2. The van der Waals surface area contributed by atoms with Crippen molar-refractivity contribution in [3.63, 3.8) is 0 Å². The second-order valence-corrected chi connectivity index (χ2v) is 11.7. The smallest absolute Gasteiger partial charge is 0.268 e. The third-order valence-electron chi connectivity index (χ3n) is 5.78. The number of thioether (sulfide) groups is 2. The Hall–Kier alpha value is -3.86. The van der Waals surface area contributed by atoms with E-state index < -0.39 is 9.25 Å². The molecule has 2 aliphatic rings. The second kappa shape index (κ2) is 9.55. The first kappa shape index (κ1) is 23.5. The molecule has 4 aromatic rings. The molecule has 1 amide bonds. The molecule has 0 unspecified atom stereocenters. The van der Waals surface area contributed by atoms with Crippen molar-refractivity contribution >= 4 is 68.9 Å². The number of nitrogens with zero attached hydrogens (tertiary/aromatic N) is 4. The SMILES string of the molecule is O=C1/C(=C\c2ccccc2)S[C@]2(SC(c3cccs3)=NN2c2ccc([N+](=O)[O-])cc2)N1c1ccccc1. The Morgan fingerprint density at radius 1 is 0.838 bits per heavy atom. The molecular weight excluding hydrogens is 525 g/mol. The van der Waals surface area contributed by atoms with E-state index in [1.54, 1.807) is 33.4 Å². The van der Waals surface area contributed by atoms with Crippen molar-refractivity contribution in [1.82, 2.24) is 0 Å². The highest BCUT2D eigenvalue weighted by atomic mass is 32.2. The highest BCUT2D eigenvalue weighted by Crippen LogP contribution is 2.60. The van der Waals surface area contributed by atoms with Crippen LogP contribution >= 0.6 is 34.9 Å². The molecule has 1 spiro atoms. The number of carbonyl (C=O) groups excluding carboxylic acids is 1. The lowest BCUT2D eigenvalue weighted by atomic mass is 10.2. The first-order valence-corrected chi connectivity index (χ1v) is 13.8. The number of anilines is 2. The van der Waals surface area contributed by atoms with Gasteiger partial charge in [-0.1, -0.05) is 66.4 Å². The monoisotopic (exact) mass is 542 g/mol. The van der Waals surface area contributed by atoms with Crippen LogP contribution in [0, 0.1) is 10.1 Å². The molecule has 7 nitrogen and oxygen atoms in total. The lowest BCUT2D eigenvalue weighted by molar-refractivity contribution is -0.384. The average molecular weight is 543 g/mol. The summed E-state index contributed by atoms with van der Waals surface area (Å²) in [6.45, 7) is 0. The number of non-ortho nitro benzene ring substituents is 1. The molecule has 1 fully saturated rings. The Morgan fingerprint density at radius 2 is 1.54 bits per heavy atom. The number of carbonyl (C=O) groups is 1. The minimum atomic E-state index is -1.01. The Kier molecular flexibility index (Phi) is 6.07. The number of hydrazone groups is 1. The molecule has 0 radical (unpaired) electrons. The molecule has 37 heavy (non-hydrogen) atoms. The lowest BCUT2D eigenvalue weighted by Gasteiger charge is -2.38. The van der Waals surface area contributed by atoms with Crippen LogP contribution in [0.1, 0.15) is 10.4 Å². The van der Waals surface area contributed by atoms with Crippen LogP contribution in [0.5, 0.6) is 0 Å². The van der Waals surface area contributed by atoms with Gasteiger partial charge in [0.05, 0.1) is 20.4 Å². The maximum absolute atomic E-state index is 14.0. The Labute approximate surface area is 225 Å². The standard InChI is InChI=1S/C27H18N4O3S3/c32-26-24(18-19-8-3-1-4-9-19)36-27(29(26)20-10-5-2-6-11-20)30(21-13-15-22(16-14-21)31(33)34)28-25(37-27)23-12-7-17-35-23/h1-18H/b24-18+/t27-/m0/s1. The van der Waals surface area contributed by atoms with Crippen LogP contribution in [0.4, 0.5) is 17.1 Å². The van der Waals surface area contributed by atoms with E-state index in [1.165, 1.54) is 35.7 Å². The summed E-state index contributed by atoms with van der Waals surface area (Å²) in [4.78, 5) is 28.2. The third kappa shape index (κ3) is 4.22. The van der Waals surface area contributed by atoms with Gasteiger partial charge < -0.3 is 0 Å². The van der Waals surface area contributed by atoms with Gasteiger partial charge in [-0.3, -0.25) is 19.8 Å². The summed E-state index contributed by atoms with van der Waals surface area (Å²) in [7, 11) is 0. The Balaban J connectivity index is 1.52. The maximum Gasteiger partial charge on any atom is 0.269 e. The minimum absolute atomic E-state index is 0.00756. The van der Waals surface area contributed by atoms with Crippen LogP contribution in [0.15, 0.2) is 112 Å². The first-order chi connectivity index (χ1) is 18.0. The average Bonchev–Trinajstić information content (AvgIpc) is 3.64. The molecule has 6 rings (SSSR count). The van der Waals surface area contributed by atoms with Gasteiger partial charge in [-0.2, -0.15) is 5.10 Å². The van der Waals surface area contributed by atoms with E-state index in [0.717, 1.165) is 21.2 Å². The van der Waals surface area contributed by atoms with Crippen molar-refractivity contribution in [1.29, 1.82) is 0 Å². The molecule has 0 N–H and O–H groups in total. The quantitative estimate of drug-likeness (QED) is 0.153. The topological polar surface area (TPSA) is 79.0 Å². The van der Waals surface area contributed by atoms with Crippen molar-refractivity contribution in [2.45, 2.75) is 4.33 Å². The molecule has 0 saturated carbocycles. The fourth-order valence-electron chi connectivity index (χ4n) is 4.10. The van der Waals surface area contributed by atoms with Gasteiger partial charge in [0.1, 0.15) is 5.04 Å². The van der Waals surface area contributed by atoms with Crippen molar-refractivity contribution in [3.8, 4) is 0 Å². The van der Waals surface area contributed by atoms with Crippen LogP contribution < -0.4 is 9.91 Å². The summed E-state index contributed by atoms with van der Waals surface area (Å²) in [5.41, 5.74) is 2.30. The number of hydrogen-bond donors (Lipinski definition) is 0. The molecule has 1 atom stereocenters. The second-order valence-electron chi connectivity index (χ2n) is 8.12. The molecule has 10 heteroatoms. The van der Waals surface area contributed by atoms with Crippen LogP contribution in [-0.2, 0) is 4.79 Å². The van der Waals surface area contributed by atoms with E-state index in [4.69, 9.17) is 5.10 Å². The van der Waals surface area contributed by atoms with Gasteiger partial charge in [-0.05, 0) is 59.1 Å². The van der Waals surface area contributed by atoms with E-state index in [-0.39, 0.29) is 11.6 Å². The fourth-order valence-corrected chi connectivity index (χ4v) is 7.88. The van der Waals surface area contributed by atoms with E-state index in [2.05, 4.69) is 0 Å². The summed E-state index contributed by atoms with van der Waals surface area (Å²) in [6, 6.07) is 29.5. The summed E-state index contributed by atoms with van der Waals surface area (Å²) in [5, 5.41) is 20.8. The Morgan fingerprint density at radius 3 is 2.19 bits per heavy atom. The summed E-state index contributed by atoms with van der Waals surface area (Å²) >= 11 is 4.49. The number of nitro benzene ring substituents is 1. The molecule has 3 aromatic carbocycles. The van der Waals surface area contributed by atoms with Gasteiger partial charge in [-0.15, -0.1) is 11.3 Å². The van der Waals surface area contributed by atoms with Crippen LogP contribution in [0.3, 0.4) is 0 Å². The van der Waals surface area contributed by atoms with Gasteiger partial charge in [0.2, 0.25) is 4.33 Å². The molecule has 182 valence electrons. The van der Waals surface area contributed by atoms with E-state index in [1.807, 2.05) is 84.3 Å². The minimum Gasteiger partial charge on any atom is -0.268 e. The van der Waals surface area contributed by atoms with Crippen LogP contribution in [-0.4, -0.2) is 20.2 Å². The van der Waals surface area contributed by atoms with Crippen LogP contribution in [0.2, 0.25) is 0 Å². The fraction of sp³-hybridized carbons (Fsp3) is 0.0370. The van der Waals surface area contributed by atoms with Crippen molar-refractivity contribution in [3.05, 3.63) is 128 Å². The number of hydrogen-bond acceptors (Lipinski definition) is 8. The predicted molar refractivity (Wildman–Crippen MR) is 153 cm³/mol. The molecule has 2 aliphatic heterocycles.